The quantitative estimate of drug-likeness (QED) is 0.461. The second-order valence-electron chi connectivity index (χ2n) is 7.98. The van der Waals surface area contributed by atoms with E-state index in [9.17, 15) is 4.79 Å². The molecule has 0 fully saturated rings. The van der Waals surface area contributed by atoms with E-state index < -0.39 is 0 Å². The van der Waals surface area contributed by atoms with Gasteiger partial charge in [-0.05, 0) is 40.2 Å². The molecule has 0 saturated heterocycles. The van der Waals surface area contributed by atoms with Gasteiger partial charge in [-0.15, -0.1) is 0 Å². The summed E-state index contributed by atoms with van der Waals surface area (Å²) in [6, 6.07) is 10.1. The summed E-state index contributed by atoms with van der Waals surface area (Å²) in [4.78, 5) is 13.0. The predicted octanol–water partition coefficient (Wildman–Crippen LogP) is 4.61. The molecule has 9 heteroatoms. The van der Waals surface area contributed by atoms with Crippen molar-refractivity contribution in [3.8, 4) is 0 Å². The molecule has 166 valence electrons. The van der Waals surface area contributed by atoms with Gasteiger partial charge in [0.2, 0.25) is 0 Å². The van der Waals surface area contributed by atoms with Crippen molar-refractivity contribution in [3.05, 3.63) is 80.6 Å². The number of carbonyl (C=O) groups is 1. The molecule has 1 N–H and O–H groups in total. The monoisotopic (exact) mass is 452 g/mol. The summed E-state index contributed by atoms with van der Waals surface area (Å²) in [6.45, 7) is 10.5. The van der Waals surface area contributed by atoms with E-state index in [1.807, 2.05) is 37.6 Å². The number of hydrogen-bond acceptors (Lipinski definition) is 5. The number of carbonyl (C=O) groups excluding carboxylic acids is 1. The first kappa shape index (κ1) is 21.8. The molecule has 0 saturated carbocycles. The maximum absolute atomic E-state index is 13.0. The number of benzene rings is 1. The molecule has 1 amide bonds. The lowest BCUT2D eigenvalue weighted by atomic mass is 10.1. The minimum atomic E-state index is -0.385. The van der Waals surface area contributed by atoms with Crippen LogP contribution in [-0.2, 0) is 13.1 Å². The Morgan fingerprint density at radius 3 is 2.53 bits per heavy atom. The van der Waals surface area contributed by atoms with Crippen LogP contribution in [0.1, 0.15) is 50.0 Å². The van der Waals surface area contributed by atoms with Gasteiger partial charge < -0.3 is 9.84 Å². The number of halogens is 1. The minimum Gasteiger partial charge on any atom is -0.361 e. The highest BCUT2D eigenvalue weighted by Crippen LogP contribution is 2.23. The molecule has 0 atom stereocenters. The second kappa shape index (κ2) is 8.63. The van der Waals surface area contributed by atoms with Gasteiger partial charge in [-0.25, -0.2) is 0 Å². The highest BCUT2D eigenvalue weighted by Gasteiger charge is 2.23. The van der Waals surface area contributed by atoms with Crippen molar-refractivity contribution in [1.82, 2.24) is 24.7 Å². The average Bonchev–Trinajstić information content (AvgIpc) is 3.35. The molecule has 0 unspecified atom stereocenters. The van der Waals surface area contributed by atoms with Crippen molar-refractivity contribution < 1.29 is 9.32 Å². The van der Waals surface area contributed by atoms with E-state index in [1.54, 1.807) is 11.6 Å². The van der Waals surface area contributed by atoms with Crippen molar-refractivity contribution >= 4 is 23.3 Å². The number of aryl methyl sites for hydroxylation is 4. The fourth-order valence-electron chi connectivity index (χ4n) is 3.62. The number of nitrogens with zero attached hydrogens (tertiary/aromatic N) is 5. The fourth-order valence-corrected chi connectivity index (χ4v) is 3.76. The Morgan fingerprint density at radius 2 is 1.84 bits per heavy atom. The number of anilines is 1. The van der Waals surface area contributed by atoms with E-state index in [2.05, 4.69) is 45.8 Å². The molecule has 32 heavy (non-hydrogen) atoms. The lowest BCUT2D eigenvalue weighted by Crippen LogP contribution is -2.17. The predicted molar refractivity (Wildman–Crippen MR) is 122 cm³/mol. The van der Waals surface area contributed by atoms with Gasteiger partial charge in [0.1, 0.15) is 5.76 Å². The molecule has 0 aliphatic rings. The largest absolute Gasteiger partial charge is 0.361 e. The zero-order valence-electron chi connectivity index (χ0n) is 18.7. The number of nitrogens with one attached hydrogen (secondary N) is 1. The number of rotatable bonds is 6. The summed E-state index contributed by atoms with van der Waals surface area (Å²) in [5, 5.41) is 16.4. The van der Waals surface area contributed by atoms with Crippen LogP contribution in [0.4, 0.5) is 5.82 Å². The van der Waals surface area contributed by atoms with Crippen LogP contribution in [-0.4, -0.2) is 30.6 Å². The van der Waals surface area contributed by atoms with Crippen LogP contribution in [0.25, 0.3) is 0 Å². The third kappa shape index (κ3) is 4.31. The maximum atomic E-state index is 13.0. The number of hydrogen-bond donors (Lipinski definition) is 1. The summed E-state index contributed by atoms with van der Waals surface area (Å²) in [6.07, 6.45) is 0. The maximum Gasteiger partial charge on any atom is 0.279 e. The smallest absolute Gasteiger partial charge is 0.279 e. The Balaban J connectivity index is 1.53. The van der Waals surface area contributed by atoms with Gasteiger partial charge in [-0.1, -0.05) is 46.6 Å². The lowest BCUT2D eigenvalue weighted by Gasteiger charge is -2.06. The zero-order chi connectivity index (χ0) is 23.0. The molecule has 0 spiro atoms. The highest BCUT2D eigenvalue weighted by molar-refractivity contribution is 6.31. The summed E-state index contributed by atoms with van der Waals surface area (Å²) in [5.74, 6) is 0.630. The van der Waals surface area contributed by atoms with Gasteiger partial charge in [0.05, 0.1) is 29.5 Å². The van der Waals surface area contributed by atoms with Crippen molar-refractivity contribution in [3.63, 3.8) is 0 Å². The Kier molecular flexibility index (Phi) is 5.88. The lowest BCUT2D eigenvalue weighted by molar-refractivity contribution is 0.101. The molecular weight excluding hydrogens is 428 g/mol. The molecule has 3 heterocycles. The first-order valence-electron chi connectivity index (χ1n) is 10.3. The first-order valence-corrected chi connectivity index (χ1v) is 10.7. The van der Waals surface area contributed by atoms with Crippen LogP contribution in [0.2, 0.25) is 5.02 Å². The molecule has 0 aliphatic carbocycles. The van der Waals surface area contributed by atoms with Gasteiger partial charge >= 0.3 is 0 Å². The Morgan fingerprint density at radius 1 is 1.06 bits per heavy atom. The van der Waals surface area contributed by atoms with Crippen LogP contribution in [0.3, 0.4) is 0 Å². The highest BCUT2D eigenvalue weighted by atomic mass is 35.5. The van der Waals surface area contributed by atoms with Gasteiger partial charge in [-0.3, -0.25) is 14.2 Å². The number of aromatic nitrogens is 5. The molecule has 0 aliphatic heterocycles. The average molecular weight is 453 g/mol. The molecule has 0 radical (unpaired) electrons. The Labute approximate surface area is 191 Å². The van der Waals surface area contributed by atoms with E-state index in [1.165, 1.54) is 5.56 Å². The Bertz CT molecular complexity index is 1300. The third-order valence-corrected chi connectivity index (χ3v) is 5.99. The second-order valence-corrected chi connectivity index (χ2v) is 8.36. The van der Waals surface area contributed by atoms with Crippen LogP contribution < -0.4 is 5.32 Å². The summed E-state index contributed by atoms with van der Waals surface area (Å²) >= 11 is 6.26. The first-order chi connectivity index (χ1) is 15.2. The van der Waals surface area contributed by atoms with E-state index in [4.69, 9.17) is 16.1 Å². The summed E-state index contributed by atoms with van der Waals surface area (Å²) in [7, 11) is 0. The molecular formula is C23H25ClN6O2. The van der Waals surface area contributed by atoms with Crippen molar-refractivity contribution in [1.29, 1.82) is 0 Å². The molecule has 4 aromatic rings. The summed E-state index contributed by atoms with van der Waals surface area (Å²) in [5.41, 5.74) is 5.69. The van der Waals surface area contributed by atoms with Crippen LogP contribution in [0.5, 0.6) is 0 Å². The zero-order valence-corrected chi connectivity index (χ0v) is 19.5. The molecule has 0 bridgehead atoms. The summed E-state index contributed by atoms with van der Waals surface area (Å²) < 4.78 is 8.92. The SMILES string of the molecule is Cc1cccc(Cn2nc(NC(=O)c3noc(C)c3Cn3nc(C)c(Cl)c3C)cc2C)c1. The topological polar surface area (TPSA) is 90.8 Å². The van der Waals surface area contributed by atoms with E-state index >= 15 is 0 Å². The molecule has 3 aromatic heterocycles. The Hall–Kier alpha value is -3.39. The van der Waals surface area contributed by atoms with E-state index in [-0.39, 0.29) is 11.6 Å². The van der Waals surface area contributed by atoms with Gasteiger partial charge in [0.25, 0.3) is 5.91 Å². The van der Waals surface area contributed by atoms with Gasteiger partial charge in [0, 0.05) is 17.3 Å². The fraction of sp³-hybridized carbons (Fsp3) is 0.304. The van der Waals surface area contributed by atoms with Crippen molar-refractivity contribution in [2.24, 2.45) is 0 Å². The van der Waals surface area contributed by atoms with Crippen LogP contribution in [0.15, 0.2) is 34.9 Å². The minimum absolute atomic E-state index is 0.206. The molecule has 1 aromatic carbocycles. The van der Waals surface area contributed by atoms with Gasteiger partial charge in [0.15, 0.2) is 11.5 Å². The van der Waals surface area contributed by atoms with E-state index in [0.29, 0.717) is 35.3 Å². The van der Waals surface area contributed by atoms with Crippen LogP contribution >= 0.6 is 11.6 Å². The number of amides is 1. The third-order valence-electron chi connectivity index (χ3n) is 5.44. The molecule has 8 nitrogen and oxygen atoms in total. The van der Waals surface area contributed by atoms with Crippen molar-refractivity contribution in [2.75, 3.05) is 5.32 Å². The normalized spacial score (nSPS) is 11.2. The standard InChI is InChI=1S/C23H25ClN6O2/c1-13-7-6-8-18(9-13)11-29-14(2)10-20(27-29)25-23(31)22-19(17(5)32-28-22)12-30-16(4)21(24)15(3)26-30/h6-10H,11-12H2,1-5H3,(H,25,27,31). The van der Waals surface area contributed by atoms with E-state index in [0.717, 1.165) is 22.6 Å². The van der Waals surface area contributed by atoms with Gasteiger partial charge in [-0.2, -0.15) is 10.2 Å². The van der Waals surface area contributed by atoms with Crippen molar-refractivity contribution in [2.45, 2.75) is 47.7 Å². The molecule has 4 rings (SSSR count). The van der Waals surface area contributed by atoms with Crippen LogP contribution in [0, 0.1) is 34.6 Å².